The second-order valence-corrected chi connectivity index (χ2v) is 5.54. The Bertz CT molecular complexity index is 613. The lowest BCUT2D eigenvalue weighted by Crippen LogP contribution is -2.50. The molecule has 7 nitrogen and oxygen atoms in total. The summed E-state index contributed by atoms with van der Waals surface area (Å²) in [6, 6.07) is 3.15. The van der Waals surface area contributed by atoms with Gasteiger partial charge >= 0.3 is 5.97 Å². The SMILES string of the molecule is O=C1CCC2(CCN(c3ccc(C(=O)O)cn3)C2)C(=O)N1. The fraction of sp³-hybridized carbons (Fsp3) is 0.429. The summed E-state index contributed by atoms with van der Waals surface area (Å²) >= 11 is 0. The Labute approximate surface area is 121 Å². The van der Waals surface area contributed by atoms with Crippen molar-refractivity contribution in [3.8, 4) is 0 Å². The fourth-order valence-electron chi connectivity index (χ4n) is 2.95. The van der Waals surface area contributed by atoms with Gasteiger partial charge in [-0.25, -0.2) is 9.78 Å². The van der Waals surface area contributed by atoms with Gasteiger partial charge in [-0.3, -0.25) is 14.9 Å². The van der Waals surface area contributed by atoms with Gasteiger partial charge in [0.2, 0.25) is 11.8 Å². The van der Waals surface area contributed by atoms with E-state index in [-0.39, 0.29) is 17.4 Å². The van der Waals surface area contributed by atoms with Crippen LogP contribution in [0.2, 0.25) is 0 Å². The first-order valence-electron chi connectivity index (χ1n) is 6.79. The number of carboxylic acid groups (broad SMARTS) is 1. The molecule has 2 saturated heterocycles. The van der Waals surface area contributed by atoms with Crippen molar-refractivity contribution in [3.63, 3.8) is 0 Å². The Morgan fingerprint density at radius 3 is 2.76 bits per heavy atom. The molecule has 0 aliphatic carbocycles. The van der Waals surface area contributed by atoms with Gasteiger partial charge in [0, 0.05) is 25.7 Å². The van der Waals surface area contributed by atoms with Crippen LogP contribution in [0.25, 0.3) is 0 Å². The number of carbonyl (C=O) groups excluding carboxylic acids is 2. The van der Waals surface area contributed by atoms with Gasteiger partial charge in [-0.2, -0.15) is 0 Å². The molecule has 2 fully saturated rings. The number of hydrogen-bond acceptors (Lipinski definition) is 5. The van der Waals surface area contributed by atoms with E-state index in [0.717, 1.165) is 0 Å². The number of aromatic carboxylic acids is 1. The van der Waals surface area contributed by atoms with Crippen molar-refractivity contribution in [2.45, 2.75) is 19.3 Å². The number of aromatic nitrogens is 1. The molecule has 1 atom stereocenters. The number of pyridine rings is 1. The summed E-state index contributed by atoms with van der Waals surface area (Å²) in [6.45, 7) is 1.17. The zero-order valence-corrected chi connectivity index (χ0v) is 11.3. The van der Waals surface area contributed by atoms with Crippen LogP contribution in [0.5, 0.6) is 0 Å². The summed E-state index contributed by atoms with van der Waals surface area (Å²) in [6.07, 6.45) is 2.91. The quantitative estimate of drug-likeness (QED) is 0.765. The molecule has 1 spiro atoms. The molecule has 0 aromatic carbocycles. The van der Waals surface area contributed by atoms with Crippen molar-refractivity contribution in [2.75, 3.05) is 18.0 Å². The molecule has 21 heavy (non-hydrogen) atoms. The number of rotatable bonds is 2. The maximum absolute atomic E-state index is 12.1. The van der Waals surface area contributed by atoms with Gasteiger partial charge < -0.3 is 10.0 Å². The Morgan fingerprint density at radius 2 is 2.14 bits per heavy atom. The van der Waals surface area contributed by atoms with Gasteiger partial charge in [-0.15, -0.1) is 0 Å². The lowest BCUT2D eigenvalue weighted by atomic mass is 9.79. The first-order chi connectivity index (χ1) is 10.00. The van der Waals surface area contributed by atoms with Crippen molar-refractivity contribution in [1.29, 1.82) is 0 Å². The lowest BCUT2D eigenvalue weighted by molar-refractivity contribution is -0.140. The minimum atomic E-state index is -1.02. The molecule has 1 aromatic heterocycles. The first-order valence-corrected chi connectivity index (χ1v) is 6.79. The second kappa shape index (κ2) is 4.83. The molecule has 2 aliphatic heterocycles. The minimum Gasteiger partial charge on any atom is -0.478 e. The number of imide groups is 1. The van der Waals surface area contributed by atoms with Gasteiger partial charge in [0.05, 0.1) is 11.0 Å². The number of hydrogen-bond donors (Lipinski definition) is 2. The van der Waals surface area contributed by atoms with Crippen LogP contribution in [-0.2, 0) is 9.59 Å². The van der Waals surface area contributed by atoms with Crippen LogP contribution in [0.1, 0.15) is 29.6 Å². The molecular formula is C14H15N3O4. The summed E-state index contributed by atoms with van der Waals surface area (Å²) in [4.78, 5) is 40.3. The molecular weight excluding hydrogens is 274 g/mol. The van der Waals surface area contributed by atoms with Crippen LogP contribution < -0.4 is 10.2 Å². The molecule has 1 aromatic rings. The molecule has 2 aliphatic rings. The third-order valence-corrected chi connectivity index (χ3v) is 4.24. The van der Waals surface area contributed by atoms with E-state index in [4.69, 9.17) is 5.11 Å². The zero-order valence-electron chi connectivity index (χ0n) is 11.3. The van der Waals surface area contributed by atoms with Crippen molar-refractivity contribution in [1.82, 2.24) is 10.3 Å². The largest absolute Gasteiger partial charge is 0.478 e. The summed E-state index contributed by atoms with van der Waals surface area (Å²) in [5, 5.41) is 11.3. The topological polar surface area (TPSA) is 99.6 Å². The predicted molar refractivity (Wildman–Crippen MR) is 72.8 cm³/mol. The van der Waals surface area contributed by atoms with Crippen LogP contribution in [0, 0.1) is 5.41 Å². The summed E-state index contributed by atoms with van der Waals surface area (Å²) in [5.74, 6) is -0.782. The van der Waals surface area contributed by atoms with Crippen molar-refractivity contribution in [3.05, 3.63) is 23.9 Å². The van der Waals surface area contributed by atoms with Crippen molar-refractivity contribution < 1.29 is 19.5 Å². The molecule has 0 radical (unpaired) electrons. The molecule has 1 unspecified atom stereocenters. The summed E-state index contributed by atoms with van der Waals surface area (Å²) in [7, 11) is 0. The predicted octanol–water partition coefficient (Wildman–Crippen LogP) is 0.413. The summed E-state index contributed by atoms with van der Waals surface area (Å²) in [5.41, 5.74) is -0.394. The lowest BCUT2D eigenvalue weighted by Gasteiger charge is -2.31. The van der Waals surface area contributed by atoms with E-state index in [1.807, 2.05) is 4.90 Å². The van der Waals surface area contributed by atoms with Crippen LogP contribution in [0.4, 0.5) is 5.82 Å². The van der Waals surface area contributed by atoms with Gasteiger partial charge in [-0.05, 0) is 25.0 Å². The maximum Gasteiger partial charge on any atom is 0.337 e. The van der Waals surface area contributed by atoms with E-state index in [2.05, 4.69) is 10.3 Å². The molecule has 0 bridgehead atoms. The van der Waals surface area contributed by atoms with E-state index < -0.39 is 11.4 Å². The molecule has 3 heterocycles. The van der Waals surface area contributed by atoms with Crippen LogP contribution >= 0.6 is 0 Å². The average molecular weight is 289 g/mol. The Balaban J connectivity index is 1.76. The molecule has 7 heteroatoms. The number of amides is 2. The van der Waals surface area contributed by atoms with Crippen molar-refractivity contribution in [2.24, 2.45) is 5.41 Å². The van der Waals surface area contributed by atoms with E-state index in [9.17, 15) is 14.4 Å². The van der Waals surface area contributed by atoms with E-state index in [1.54, 1.807) is 6.07 Å². The van der Waals surface area contributed by atoms with E-state index in [1.165, 1.54) is 12.3 Å². The number of nitrogens with zero attached hydrogens (tertiary/aromatic N) is 2. The molecule has 2 N–H and O–H groups in total. The monoisotopic (exact) mass is 289 g/mol. The van der Waals surface area contributed by atoms with Crippen LogP contribution in [0.15, 0.2) is 18.3 Å². The van der Waals surface area contributed by atoms with Crippen molar-refractivity contribution >= 4 is 23.6 Å². The van der Waals surface area contributed by atoms with E-state index in [0.29, 0.717) is 38.2 Å². The highest BCUT2D eigenvalue weighted by Gasteiger charge is 2.47. The highest BCUT2D eigenvalue weighted by molar-refractivity contribution is 6.01. The number of nitrogens with one attached hydrogen (secondary N) is 1. The van der Waals surface area contributed by atoms with E-state index >= 15 is 0 Å². The molecule has 3 rings (SSSR count). The third-order valence-electron chi connectivity index (χ3n) is 4.24. The van der Waals surface area contributed by atoms with Gasteiger partial charge in [-0.1, -0.05) is 0 Å². The Kier molecular flexibility index (Phi) is 3.12. The number of anilines is 1. The number of carbonyl (C=O) groups is 3. The smallest absolute Gasteiger partial charge is 0.337 e. The number of carboxylic acids is 1. The summed E-state index contributed by atoms with van der Waals surface area (Å²) < 4.78 is 0. The van der Waals surface area contributed by atoms with Gasteiger partial charge in [0.1, 0.15) is 5.82 Å². The maximum atomic E-state index is 12.1. The highest BCUT2D eigenvalue weighted by atomic mass is 16.4. The average Bonchev–Trinajstić information content (AvgIpc) is 2.89. The second-order valence-electron chi connectivity index (χ2n) is 5.54. The number of piperidine rings is 1. The Hall–Kier alpha value is -2.44. The Morgan fingerprint density at radius 1 is 1.33 bits per heavy atom. The van der Waals surface area contributed by atoms with Gasteiger partial charge in [0.25, 0.3) is 0 Å². The highest BCUT2D eigenvalue weighted by Crippen LogP contribution is 2.38. The minimum absolute atomic E-state index is 0.133. The van der Waals surface area contributed by atoms with Crippen LogP contribution in [-0.4, -0.2) is 41.0 Å². The first kappa shape index (κ1) is 13.5. The standard InChI is InChI=1S/C14H15N3O4/c18-11-3-4-14(13(21)16-11)5-6-17(8-14)10-2-1-9(7-15-10)12(19)20/h1-2,7H,3-6,8H2,(H,19,20)(H,16,18,21). The third kappa shape index (κ3) is 2.35. The fourth-order valence-corrected chi connectivity index (χ4v) is 2.95. The molecule has 110 valence electrons. The van der Waals surface area contributed by atoms with Crippen LogP contribution in [0.3, 0.4) is 0 Å². The molecule has 0 saturated carbocycles. The normalized spacial score (nSPS) is 25.2. The molecule has 2 amide bonds. The van der Waals surface area contributed by atoms with Gasteiger partial charge in [0.15, 0.2) is 0 Å². The zero-order chi connectivity index (χ0) is 15.0.